The molecule has 5 heteroatoms. The summed E-state index contributed by atoms with van der Waals surface area (Å²) in [6, 6.07) is 3.71. The summed E-state index contributed by atoms with van der Waals surface area (Å²) in [6.07, 6.45) is 1.64. The van der Waals surface area contributed by atoms with E-state index in [0.717, 1.165) is 11.7 Å². The number of hydrogen-bond acceptors (Lipinski definition) is 2. The molecule has 0 bridgehead atoms. The lowest BCUT2D eigenvalue weighted by Crippen LogP contribution is -2.35. The predicted molar refractivity (Wildman–Crippen MR) is 67.8 cm³/mol. The summed E-state index contributed by atoms with van der Waals surface area (Å²) in [7, 11) is 7.87. The number of nitrogens with zero attached hydrogens (tertiary/aromatic N) is 4. The Balaban J connectivity index is 2.73. The molecule has 1 rings (SSSR count). The van der Waals surface area contributed by atoms with Crippen molar-refractivity contribution < 1.29 is 0 Å². The highest BCUT2D eigenvalue weighted by atomic mass is 35.5. The van der Waals surface area contributed by atoms with Crippen LogP contribution < -0.4 is 0 Å². The van der Waals surface area contributed by atoms with Crippen molar-refractivity contribution in [3.63, 3.8) is 0 Å². The van der Waals surface area contributed by atoms with Gasteiger partial charge in [-0.25, -0.2) is 4.99 Å². The van der Waals surface area contributed by atoms with Crippen molar-refractivity contribution in [3.05, 3.63) is 29.0 Å². The fourth-order valence-corrected chi connectivity index (χ4v) is 1.45. The van der Waals surface area contributed by atoms with Crippen molar-refractivity contribution >= 4 is 17.6 Å². The maximum Gasteiger partial charge on any atom is 0.195 e. The molecule has 0 fully saturated rings. The van der Waals surface area contributed by atoms with Crippen molar-refractivity contribution in [1.82, 2.24) is 14.8 Å². The Labute approximate surface area is 102 Å². The minimum Gasteiger partial charge on any atom is -0.349 e. The second kappa shape index (κ2) is 5.70. The van der Waals surface area contributed by atoms with Crippen LogP contribution in [0.1, 0.15) is 5.69 Å². The molecular weight excluding hydrogens is 224 g/mol. The summed E-state index contributed by atoms with van der Waals surface area (Å²) >= 11 is 5.76. The Morgan fingerprint density at radius 2 is 1.88 bits per heavy atom. The van der Waals surface area contributed by atoms with Crippen LogP contribution in [0, 0.1) is 0 Å². The standard InChI is InChI=1S/C11H17ClN4/c1-15(2)11(16(3)4)14-8-10-6-5-9(12)7-13-10/h5-7H,8H2,1-4H3. The van der Waals surface area contributed by atoms with Crippen LogP contribution in [0.15, 0.2) is 23.3 Å². The molecule has 0 aliphatic rings. The molecule has 0 aliphatic heterocycles. The first-order valence-corrected chi connectivity index (χ1v) is 5.38. The summed E-state index contributed by atoms with van der Waals surface area (Å²) in [5.74, 6) is 0.914. The normalized spacial score (nSPS) is 9.81. The van der Waals surface area contributed by atoms with E-state index in [9.17, 15) is 0 Å². The van der Waals surface area contributed by atoms with Crippen molar-refractivity contribution in [2.45, 2.75) is 6.54 Å². The van der Waals surface area contributed by atoms with E-state index >= 15 is 0 Å². The molecule has 0 atom stereocenters. The number of aliphatic imine (C=N–C) groups is 1. The van der Waals surface area contributed by atoms with Crippen molar-refractivity contribution in [2.24, 2.45) is 4.99 Å². The van der Waals surface area contributed by atoms with Crippen LogP contribution in [-0.2, 0) is 6.54 Å². The highest BCUT2D eigenvalue weighted by Crippen LogP contribution is 2.07. The molecule has 0 spiro atoms. The van der Waals surface area contributed by atoms with Crippen LogP contribution >= 0.6 is 11.6 Å². The van der Waals surface area contributed by atoms with E-state index in [1.807, 2.05) is 50.1 Å². The molecule has 0 radical (unpaired) electrons. The number of halogens is 1. The number of guanidine groups is 1. The van der Waals surface area contributed by atoms with Crippen molar-refractivity contribution in [3.8, 4) is 0 Å². The lowest BCUT2D eigenvalue weighted by atomic mass is 10.3. The second-order valence-corrected chi connectivity index (χ2v) is 4.31. The summed E-state index contributed by atoms with van der Waals surface area (Å²) in [5.41, 5.74) is 0.908. The largest absolute Gasteiger partial charge is 0.349 e. The molecule has 0 saturated carbocycles. The molecule has 0 aliphatic carbocycles. The quantitative estimate of drug-likeness (QED) is 0.583. The first-order chi connectivity index (χ1) is 7.50. The summed E-state index contributed by atoms with van der Waals surface area (Å²) in [4.78, 5) is 12.6. The fraction of sp³-hybridized carbons (Fsp3) is 0.455. The lowest BCUT2D eigenvalue weighted by Gasteiger charge is -2.22. The van der Waals surface area contributed by atoms with E-state index < -0.39 is 0 Å². The molecule has 0 amide bonds. The third-order valence-corrected chi connectivity index (χ3v) is 2.19. The molecule has 0 unspecified atom stereocenters. The smallest absolute Gasteiger partial charge is 0.195 e. The Hall–Kier alpha value is -1.29. The zero-order valence-corrected chi connectivity index (χ0v) is 10.9. The molecule has 0 N–H and O–H groups in total. The van der Waals surface area contributed by atoms with Gasteiger partial charge >= 0.3 is 0 Å². The van der Waals surface area contributed by atoms with Gasteiger partial charge in [0.25, 0.3) is 0 Å². The topological polar surface area (TPSA) is 31.7 Å². The third kappa shape index (κ3) is 3.70. The van der Waals surface area contributed by atoms with Crippen molar-refractivity contribution in [2.75, 3.05) is 28.2 Å². The van der Waals surface area contributed by atoms with Gasteiger partial charge in [0.15, 0.2) is 5.96 Å². The maximum atomic E-state index is 5.76. The third-order valence-electron chi connectivity index (χ3n) is 1.97. The lowest BCUT2D eigenvalue weighted by molar-refractivity contribution is 0.479. The van der Waals surface area contributed by atoms with E-state index in [1.165, 1.54) is 0 Å². The van der Waals surface area contributed by atoms with E-state index in [0.29, 0.717) is 11.6 Å². The van der Waals surface area contributed by atoms with E-state index in [4.69, 9.17) is 11.6 Å². The Kier molecular flexibility index (Phi) is 4.55. The average Bonchev–Trinajstić information content (AvgIpc) is 2.20. The molecule has 0 aromatic carbocycles. The molecule has 0 saturated heterocycles. The Morgan fingerprint density at radius 3 is 2.31 bits per heavy atom. The summed E-state index contributed by atoms with van der Waals surface area (Å²) in [6.45, 7) is 0.558. The van der Waals surface area contributed by atoms with Crippen LogP contribution in [0.4, 0.5) is 0 Å². The van der Waals surface area contributed by atoms with Crippen molar-refractivity contribution in [1.29, 1.82) is 0 Å². The zero-order chi connectivity index (χ0) is 12.1. The van der Waals surface area contributed by atoms with Crippen LogP contribution in [0.5, 0.6) is 0 Å². The number of aromatic nitrogens is 1. The second-order valence-electron chi connectivity index (χ2n) is 3.87. The van der Waals surface area contributed by atoms with Crippen LogP contribution in [0.3, 0.4) is 0 Å². The Morgan fingerprint density at radius 1 is 1.25 bits per heavy atom. The van der Waals surface area contributed by atoms with Crippen LogP contribution in [-0.4, -0.2) is 48.9 Å². The van der Waals surface area contributed by atoms with Crippen LogP contribution in [0.25, 0.3) is 0 Å². The van der Waals surface area contributed by atoms with E-state index in [1.54, 1.807) is 6.20 Å². The molecule has 88 valence electrons. The monoisotopic (exact) mass is 240 g/mol. The van der Waals surface area contributed by atoms with Crippen LogP contribution in [0.2, 0.25) is 5.02 Å². The molecule has 4 nitrogen and oxygen atoms in total. The van der Waals surface area contributed by atoms with Gasteiger partial charge in [-0.05, 0) is 12.1 Å². The van der Waals surface area contributed by atoms with E-state index in [2.05, 4.69) is 9.98 Å². The minimum absolute atomic E-state index is 0.558. The summed E-state index contributed by atoms with van der Waals surface area (Å²) in [5, 5.41) is 0.646. The number of hydrogen-bond donors (Lipinski definition) is 0. The zero-order valence-electron chi connectivity index (χ0n) is 10.1. The number of rotatable bonds is 2. The van der Waals surface area contributed by atoms with Gasteiger partial charge in [0, 0.05) is 34.4 Å². The van der Waals surface area contributed by atoms with Gasteiger partial charge in [0.1, 0.15) is 0 Å². The highest BCUT2D eigenvalue weighted by molar-refractivity contribution is 6.30. The maximum absolute atomic E-state index is 5.76. The predicted octanol–water partition coefficient (Wildman–Crippen LogP) is 1.71. The first kappa shape index (κ1) is 12.8. The number of pyridine rings is 1. The average molecular weight is 241 g/mol. The molecule has 1 heterocycles. The molecule has 16 heavy (non-hydrogen) atoms. The van der Waals surface area contributed by atoms with Gasteiger partial charge < -0.3 is 9.80 Å². The van der Waals surface area contributed by atoms with Gasteiger partial charge in [0.2, 0.25) is 0 Å². The van der Waals surface area contributed by atoms with Gasteiger partial charge in [0.05, 0.1) is 17.3 Å². The molecular formula is C11H17ClN4. The minimum atomic E-state index is 0.558. The fourth-order valence-electron chi connectivity index (χ4n) is 1.33. The molecule has 1 aromatic rings. The summed E-state index contributed by atoms with van der Waals surface area (Å²) < 4.78 is 0. The Bertz CT molecular complexity index is 347. The van der Waals surface area contributed by atoms with Gasteiger partial charge in [-0.15, -0.1) is 0 Å². The van der Waals surface area contributed by atoms with Gasteiger partial charge in [-0.2, -0.15) is 0 Å². The highest BCUT2D eigenvalue weighted by Gasteiger charge is 2.03. The first-order valence-electron chi connectivity index (χ1n) is 5.00. The molecule has 1 aromatic heterocycles. The van der Waals surface area contributed by atoms with E-state index in [-0.39, 0.29) is 0 Å². The SMILES string of the molecule is CN(C)C(=NCc1ccc(Cl)cn1)N(C)C. The van der Waals surface area contributed by atoms with Gasteiger partial charge in [-0.1, -0.05) is 11.6 Å². The van der Waals surface area contributed by atoms with Gasteiger partial charge in [-0.3, -0.25) is 4.98 Å².